The Balaban J connectivity index is 3.23. The predicted octanol–water partition coefficient (Wildman–Crippen LogP) is 2.34. The zero-order valence-corrected chi connectivity index (χ0v) is 7.65. The zero-order valence-electron chi connectivity index (χ0n) is 6.90. The van der Waals surface area contributed by atoms with Crippen molar-refractivity contribution in [3.05, 3.63) is 34.1 Å². The van der Waals surface area contributed by atoms with E-state index in [9.17, 15) is 9.18 Å². The standard InChI is InChI=1S/C10H6ClFO/c1-7-5-9(11)8(3-2-4-13)6-10(7)12/h4-6H,1H3. The van der Waals surface area contributed by atoms with Crippen molar-refractivity contribution in [2.45, 2.75) is 6.92 Å². The smallest absolute Gasteiger partial charge is 0.193 e. The maximum atomic E-state index is 13.0. The molecule has 0 fully saturated rings. The fraction of sp³-hybridized carbons (Fsp3) is 0.100. The van der Waals surface area contributed by atoms with Crippen molar-refractivity contribution in [3.8, 4) is 11.8 Å². The average Bonchev–Trinajstić information content (AvgIpc) is 2.09. The molecule has 0 heterocycles. The second-order valence-corrected chi connectivity index (χ2v) is 2.88. The number of halogens is 2. The van der Waals surface area contributed by atoms with Crippen molar-refractivity contribution in [2.24, 2.45) is 0 Å². The van der Waals surface area contributed by atoms with Crippen LogP contribution >= 0.6 is 11.6 Å². The summed E-state index contributed by atoms with van der Waals surface area (Å²) < 4.78 is 13.0. The predicted molar refractivity (Wildman–Crippen MR) is 49.1 cm³/mol. The summed E-state index contributed by atoms with van der Waals surface area (Å²) in [6.45, 7) is 1.61. The molecular formula is C10H6ClFO. The number of carbonyl (C=O) groups is 1. The molecule has 0 bridgehead atoms. The molecule has 0 saturated heterocycles. The minimum Gasteiger partial charge on any atom is -0.289 e. The Morgan fingerprint density at radius 1 is 1.54 bits per heavy atom. The fourth-order valence-corrected chi connectivity index (χ4v) is 1.11. The third kappa shape index (κ3) is 2.30. The Morgan fingerprint density at radius 3 is 2.85 bits per heavy atom. The van der Waals surface area contributed by atoms with E-state index in [1.165, 1.54) is 12.1 Å². The first kappa shape index (κ1) is 9.76. The van der Waals surface area contributed by atoms with E-state index in [-0.39, 0.29) is 5.82 Å². The second-order valence-electron chi connectivity index (χ2n) is 2.47. The van der Waals surface area contributed by atoms with E-state index >= 15 is 0 Å². The molecule has 1 rings (SSSR count). The third-order valence-electron chi connectivity index (χ3n) is 1.51. The highest BCUT2D eigenvalue weighted by atomic mass is 35.5. The SMILES string of the molecule is Cc1cc(Cl)c(C#CC=O)cc1F. The maximum absolute atomic E-state index is 13.0. The lowest BCUT2D eigenvalue weighted by Crippen LogP contribution is -1.86. The molecule has 0 saturated carbocycles. The molecule has 0 radical (unpaired) electrons. The summed E-state index contributed by atoms with van der Waals surface area (Å²) in [6, 6.07) is 2.69. The lowest BCUT2D eigenvalue weighted by atomic mass is 10.1. The second kappa shape index (κ2) is 4.06. The van der Waals surface area contributed by atoms with Crippen LogP contribution in [-0.2, 0) is 4.79 Å². The first-order valence-electron chi connectivity index (χ1n) is 3.56. The minimum atomic E-state index is -0.375. The summed E-state index contributed by atoms with van der Waals surface area (Å²) in [5.74, 6) is 4.24. The molecular weight excluding hydrogens is 191 g/mol. The van der Waals surface area contributed by atoms with E-state index < -0.39 is 0 Å². The van der Waals surface area contributed by atoms with Crippen LogP contribution in [0, 0.1) is 24.6 Å². The Bertz CT molecular complexity index is 401. The average molecular weight is 197 g/mol. The molecule has 0 aliphatic rings. The summed E-state index contributed by atoms with van der Waals surface area (Å²) in [4.78, 5) is 9.93. The Hall–Kier alpha value is -1.33. The molecule has 0 aliphatic heterocycles. The van der Waals surface area contributed by atoms with Gasteiger partial charge in [-0.2, -0.15) is 0 Å². The van der Waals surface area contributed by atoms with Crippen LogP contribution in [0.3, 0.4) is 0 Å². The zero-order chi connectivity index (χ0) is 9.84. The van der Waals surface area contributed by atoms with Gasteiger partial charge in [-0.05, 0) is 30.5 Å². The van der Waals surface area contributed by atoms with Gasteiger partial charge in [-0.25, -0.2) is 4.39 Å². The van der Waals surface area contributed by atoms with E-state index in [4.69, 9.17) is 11.6 Å². The Kier molecular flexibility index (Phi) is 3.05. The molecule has 1 nitrogen and oxygen atoms in total. The largest absolute Gasteiger partial charge is 0.289 e. The van der Waals surface area contributed by atoms with Crippen molar-refractivity contribution in [1.29, 1.82) is 0 Å². The molecule has 1 aromatic carbocycles. The van der Waals surface area contributed by atoms with Crippen LogP contribution in [0.4, 0.5) is 4.39 Å². The number of hydrogen-bond donors (Lipinski definition) is 0. The molecule has 0 N–H and O–H groups in total. The molecule has 0 aromatic heterocycles. The lowest BCUT2D eigenvalue weighted by Gasteiger charge is -1.99. The van der Waals surface area contributed by atoms with E-state index in [0.717, 1.165) is 0 Å². The summed E-state index contributed by atoms with van der Waals surface area (Å²) >= 11 is 5.75. The Morgan fingerprint density at radius 2 is 2.23 bits per heavy atom. The minimum absolute atomic E-state index is 0.330. The van der Waals surface area contributed by atoms with E-state index in [0.29, 0.717) is 22.4 Å². The summed E-state index contributed by atoms with van der Waals surface area (Å²) in [5.41, 5.74) is 0.790. The van der Waals surface area contributed by atoms with Crippen molar-refractivity contribution < 1.29 is 9.18 Å². The number of aryl methyl sites for hydroxylation is 1. The van der Waals surface area contributed by atoms with Gasteiger partial charge in [0.1, 0.15) is 5.82 Å². The van der Waals surface area contributed by atoms with Gasteiger partial charge in [0, 0.05) is 5.56 Å². The maximum Gasteiger partial charge on any atom is 0.193 e. The van der Waals surface area contributed by atoms with Crippen LogP contribution < -0.4 is 0 Å². The van der Waals surface area contributed by atoms with Crippen LogP contribution in [-0.4, -0.2) is 6.29 Å². The van der Waals surface area contributed by atoms with Gasteiger partial charge in [-0.15, -0.1) is 0 Å². The Labute approximate surface area is 80.5 Å². The highest BCUT2D eigenvalue weighted by Gasteiger charge is 2.02. The van der Waals surface area contributed by atoms with Crippen molar-refractivity contribution in [1.82, 2.24) is 0 Å². The monoisotopic (exact) mass is 196 g/mol. The molecule has 13 heavy (non-hydrogen) atoms. The number of hydrogen-bond acceptors (Lipinski definition) is 1. The quantitative estimate of drug-likeness (QED) is 0.460. The number of benzene rings is 1. The van der Waals surface area contributed by atoms with Gasteiger partial charge in [0.2, 0.25) is 0 Å². The van der Waals surface area contributed by atoms with Crippen LogP contribution in [0.2, 0.25) is 5.02 Å². The first-order valence-corrected chi connectivity index (χ1v) is 3.94. The van der Waals surface area contributed by atoms with Gasteiger partial charge in [0.25, 0.3) is 0 Å². The summed E-state index contributed by atoms with van der Waals surface area (Å²) in [6.07, 6.45) is 0.439. The summed E-state index contributed by atoms with van der Waals surface area (Å²) in [5, 5.41) is 0.355. The third-order valence-corrected chi connectivity index (χ3v) is 1.83. The fourth-order valence-electron chi connectivity index (χ4n) is 0.849. The van der Waals surface area contributed by atoms with Gasteiger partial charge in [-0.1, -0.05) is 17.5 Å². The van der Waals surface area contributed by atoms with Crippen LogP contribution in [0.25, 0.3) is 0 Å². The van der Waals surface area contributed by atoms with Crippen molar-refractivity contribution >= 4 is 17.9 Å². The van der Waals surface area contributed by atoms with Gasteiger partial charge >= 0.3 is 0 Å². The van der Waals surface area contributed by atoms with Crippen molar-refractivity contribution in [3.63, 3.8) is 0 Å². The number of aldehydes is 1. The van der Waals surface area contributed by atoms with Gasteiger partial charge < -0.3 is 0 Å². The van der Waals surface area contributed by atoms with Crippen molar-refractivity contribution in [2.75, 3.05) is 0 Å². The molecule has 3 heteroatoms. The number of carbonyl (C=O) groups excluding carboxylic acids is 1. The molecule has 66 valence electrons. The molecule has 0 atom stereocenters. The molecule has 0 unspecified atom stereocenters. The summed E-state index contributed by atoms with van der Waals surface area (Å²) in [7, 11) is 0. The number of rotatable bonds is 0. The normalized spacial score (nSPS) is 8.85. The van der Waals surface area contributed by atoms with E-state index in [2.05, 4.69) is 11.8 Å². The molecule has 0 aliphatic carbocycles. The molecule has 0 amide bonds. The highest BCUT2D eigenvalue weighted by molar-refractivity contribution is 6.31. The van der Waals surface area contributed by atoms with E-state index in [1.54, 1.807) is 6.92 Å². The molecule has 0 spiro atoms. The highest BCUT2D eigenvalue weighted by Crippen LogP contribution is 2.19. The van der Waals surface area contributed by atoms with Gasteiger partial charge in [-0.3, -0.25) is 4.79 Å². The lowest BCUT2D eigenvalue weighted by molar-refractivity contribution is -0.103. The van der Waals surface area contributed by atoms with Gasteiger partial charge in [0.05, 0.1) is 5.02 Å². The molecule has 1 aromatic rings. The van der Waals surface area contributed by atoms with E-state index in [1.807, 2.05) is 0 Å². The topological polar surface area (TPSA) is 17.1 Å². The van der Waals surface area contributed by atoms with Crippen LogP contribution in [0.15, 0.2) is 12.1 Å². The van der Waals surface area contributed by atoms with Gasteiger partial charge in [0.15, 0.2) is 6.29 Å². The van der Waals surface area contributed by atoms with Crippen LogP contribution in [0.1, 0.15) is 11.1 Å². The van der Waals surface area contributed by atoms with Crippen LogP contribution in [0.5, 0.6) is 0 Å². The first-order chi connectivity index (χ1) is 6.15.